The summed E-state index contributed by atoms with van der Waals surface area (Å²) in [4.78, 5) is 0. The van der Waals surface area contributed by atoms with Crippen LogP contribution in [0.5, 0.6) is 0 Å². The predicted molar refractivity (Wildman–Crippen MR) is 87.6 cm³/mol. The van der Waals surface area contributed by atoms with Gasteiger partial charge in [0.2, 0.25) is 0 Å². The van der Waals surface area contributed by atoms with E-state index in [1.165, 1.54) is 49.7 Å². The van der Waals surface area contributed by atoms with Crippen LogP contribution in [0.3, 0.4) is 0 Å². The first-order valence-corrected chi connectivity index (χ1v) is 8.69. The third-order valence-electron chi connectivity index (χ3n) is 5.15. The molecule has 116 valence electrons. The maximum atomic E-state index is 5.87. The fraction of sp³-hybridized carbons (Fsp3) is 0.684. The average molecular weight is 287 g/mol. The normalized spacial score (nSPS) is 21.8. The summed E-state index contributed by atoms with van der Waals surface area (Å²) in [5, 5.41) is 3.74. The standard InChI is InChI=1S/C19H29NO/c1-3-12-20-18(19(21-2)15-10-11-15)17-9-5-8-16(13-17)14-6-4-7-14/h5,8-9,13-15,18-20H,3-4,6-7,10-12H2,1-2H3. The highest BCUT2D eigenvalue weighted by Crippen LogP contribution is 2.41. The van der Waals surface area contributed by atoms with Gasteiger partial charge in [-0.05, 0) is 61.6 Å². The molecule has 0 aliphatic heterocycles. The Balaban J connectivity index is 1.80. The van der Waals surface area contributed by atoms with Gasteiger partial charge in [0.1, 0.15) is 0 Å². The van der Waals surface area contributed by atoms with Crippen LogP contribution < -0.4 is 5.32 Å². The van der Waals surface area contributed by atoms with Crippen LogP contribution in [0.25, 0.3) is 0 Å². The summed E-state index contributed by atoms with van der Waals surface area (Å²) in [5.41, 5.74) is 2.96. The van der Waals surface area contributed by atoms with E-state index in [4.69, 9.17) is 4.74 Å². The van der Waals surface area contributed by atoms with Gasteiger partial charge in [-0.3, -0.25) is 0 Å². The van der Waals surface area contributed by atoms with Gasteiger partial charge in [-0.2, -0.15) is 0 Å². The highest BCUT2D eigenvalue weighted by molar-refractivity contribution is 5.30. The Morgan fingerprint density at radius 2 is 2.05 bits per heavy atom. The minimum atomic E-state index is 0.327. The molecule has 0 radical (unpaired) electrons. The van der Waals surface area contributed by atoms with E-state index < -0.39 is 0 Å². The molecule has 0 aromatic heterocycles. The van der Waals surface area contributed by atoms with Crippen LogP contribution in [-0.4, -0.2) is 19.8 Å². The molecule has 2 aliphatic rings. The lowest BCUT2D eigenvalue weighted by molar-refractivity contribution is 0.0506. The van der Waals surface area contributed by atoms with Crippen LogP contribution in [0.15, 0.2) is 24.3 Å². The maximum absolute atomic E-state index is 5.87. The Morgan fingerprint density at radius 3 is 2.62 bits per heavy atom. The molecule has 0 saturated heterocycles. The largest absolute Gasteiger partial charge is 0.379 e. The molecule has 2 aliphatic carbocycles. The van der Waals surface area contributed by atoms with Crippen molar-refractivity contribution in [3.05, 3.63) is 35.4 Å². The van der Waals surface area contributed by atoms with E-state index in [1.807, 2.05) is 7.11 Å². The molecule has 2 saturated carbocycles. The summed E-state index contributed by atoms with van der Waals surface area (Å²) in [6, 6.07) is 9.62. The summed E-state index contributed by atoms with van der Waals surface area (Å²) in [7, 11) is 1.87. The summed E-state index contributed by atoms with van der Waals surface area (Å²) < 4.78 is 5.87. The van der Waals surface area contributed by atoms with Gasteiger partial charge in [0.05, 0.1) is 12.1 Å². The summed E-state index contributed by atoms with van der Waals surface area (Å²) in [6.07, 6.45) is 8.28. The van der Waals surface area contributed by atoms with E-state index in [-0.39, 0.29) is 0 Å². The van der Waals surface area contributed by atoms with Gasteiger partial charge in [0, 0.05) is 7.11 Å². The smallest absolute Gasteiger partial charge is 0.0794 e. The zero-order valence-corrected chi connectivity index (χ0v) is 13.5. The number of hydrogen-bond donors (Lipinski definition) is 1. The van der Waals surface area contributed by atoms with Gasteiger partial charge >= 0.3 is 0 Å². The Labute approximate surface area is 129 Å². The van der Waals surface area contributed by atoms with E-state index in [0.717, 1.165) is 18.4 Å². The second kappa shape index (κ2) is 6.93. The van der Waals surface area contributed by atoms with Crippen LogP contribution in [0, 0.1) is 5.92 Å². The number of nitrogens with one attached hydrogen (secondary N) is 1. The van der Waals surface area contributed by atoms with E-state index in [2.05, 4.69) is 36.5 Å². The van der Waals surface area contributed by atoms with Gasteiger partial charge in [-0.15, -0.1) is 0 Å². The minimum Gasteiger partial charge on any atom is -0.379 e. The van der Waals surface area contributed by atoms with Gasteiger partial charge in [0.15, 0.2) is 0 Å². The van der Waals surface area contributed by atoms with Crippen molar-refractivity contribution >= 4 is 0 Å². The fourth-order valence-electron chi connectivity index (χ4n) is 3.50. The average Bonchev–Trinajstić information content (AvgIpc) is 3.26. The number of ether oxygens (including phenoxy) is 1. The second-order valence-corrected chi connectivity index (χ2v) is 6.77. The van der Waals surface area contributed by atoms with Crippen molar-refractivity contribution in [3.63, 3.8) is 0 Å². The van der Waals surface area contributed by atoms with E-state index in [9.17, 15) is 0 Å². The minimum absolute atomic E-state index is 0.327. The Morgan fingerprint density at radius 1 is 1.24 bits per heavy atom. The Hall–Kier alpha value is -0.860. The van der Waals surface area contributed by atoms with Crippen molar-refractivity contribution in [2.24, 2.45) is 5.92 Å². The van der Waals surface area contributed by atoms with Gasteiger partial charge in [-0.25, -0.2) is 0 Å². The highest BCUT2D eigenvalue weighted by atomic mass is 16.5. The van der Waals surface area contributed by atoms with Crippen molar-refractivity contribution in [1.29, 1.82) is 0 Å². The second-order valence-electron chi connectivity index (χ2n) is 6.77. The molecular weight excluding hydrogens is 258 g/mol. The van der Waals surface area contributed by atoms with Crippen LogP contribution in [-0.2, 0) is 4.74 Å². The molecule has 1 aromatic carbocycles. The third kappa shape index (κ3) is 3.49. The Kier molecular flexibility index (Phi) is 4.97. The molecule has 2 fully saturated rings. The molecule has 21 heavy (non-hydrogen) atoms. The molecule has 2 nitrogen and oxygen atoms in total. The molecule has 1 aromatic rings. The molecule has 0 bridgehead atoms. The maximum Gasteiger partial charge on any atom is 0.0794 e. The summed E-state index contributed by atoms with van der Waals surface area (Å²) in [5.74, 6) is 1.55. The van der Waals surface area contributed by atoms with Gasteiger partial charge < -0.3 is 10.1 Å². The zero-order valence-electron chi connectivity index (χ0n) is 13.5. The molecule has 2 atom stereocenters. The predicted octanol–water partition coefficient (Wildman–Crippen LogP) is 4.42. The molecule has 2 unspecified atom stereocenters. The van der Waals surface area contributed by atoms with Crippen molar-refractivity contribution in [1.82, 2.24) is 5.32 Å². The third-order valence-corrected chi connectivity index (χ3v) is 5.15. The fourth-order valence-corrected chi connectivity index (χ4v) is 3.50. The Bertz CT molecular complexity index is 451. The number of hydrogen-bond acceptors (Lipinski definition) is 2. The molecular formula is C19H29NO. The first kappa shape index (κ1) is 15.1. The van der Waals surface area contributed by atoms with Crippen molar-refractivity contribution in [2.45, 2.75) is 63.5 Å². The van der Waals surface area contributed by atoms with Crippen molar-refractivity contribution in [3.8, 4) is 0 Å². The lowest BCUT2D eigenvalue weighted by atomic mass is 9.79. The van der Waals surface area contributed by atoms with Gasteiger partial charge in [-0.1, -0.05) is 37.6 Å². The molecule has 1 N–H and O–H groups in total. The van der Waals surface area contributed by atoms with E-state index in [0.29, 0.717) is 12.1 Å². The van der Waals surface area contributed by atoms with Crippen LogP contribution in [0.2, 0.25) is 0 Å². The van der Waals surface area contributed by atoms with Crippen molar-refractivity contribution < 1.29 is 4.74 Å². The van der Waals surface area contributed by atoms with Gasteiger partial charge in [0.25, 0.3) is 0 Å². The van der Waals surface area contributed by atoms with Crippen LogP contribution in [0.4, 0.5) is 0 Å². The summed E-state index contributed by atoms with van der Waals surface area (Å²) >= 11 is 0. The SMILES string of the molecule is CCCNC(c1cccc(C2CCC2)c1)C(OC)C1CC1. The topological polar surface area (TPSA) is 21.3 Å². The highest BCUT2D eigenvalue weighted by Gasteiger charge is 2.37. The van der Waals surface area contributed by atoms with E-state index in [1.54, 1.807) is 0 Å². The lowest BCUT2D eigenvalue weighted by Gasteiger charge is -2.30. The quantitative estimate of drug-likeness (QED) is 0.764. The molecule has 0 amide bonds. The number of benzene rings is 1. The number of rotatable bonds is 8. The summed E-state index contributed by atoms with van der Waals surface area (Å²) in [6.45, 7) is 3.29. The first-order valence-electron chi connectivity index (χ1n) is 8.69. The first-order chi connectivity index (χ1) is 10.3. The molecule has 0 spiro atoms. The van der Waals surface area contributed by atoms with Crippen LogP contribution in [0.1, 0.15) is 68.5 Å². The molecule has 0 heterocycles. The van der Waals surface area contributed by atoms with Crippen molar-refractivity contribution in [2.75, 3.05) is 13.7 Å². The van der Waals surface area contributed by atoms with E-state index >= 15 is 0 Å². The lowest BCUT2D eigenvalue weighted by Crippen LogP contribution is -2.35. The zero-order chi connectivity index (χ0) is 14.7. The molecule has 2 heteroatoms. The number of methoxy groups -OCH3 is 1. The monoisotopic (exact) mass is 287 g/mol. The van der Waals surface area contributed by atoms with Crippen LogP contribution >= 0.6 is 0 Å². The molecule has 3 rings (SSSR count).